The summed E-state index contributed by atoms with van der Waals surface area (Å²) in [5.41, 5.74) is -6.63. The van der Waals surface area contributed by atoms with Crippen LogP contribution in [0, 0.1) is 0 Å². The zero-order valence-corrected chi connectivity index (χ0v) is 32.0. The molecule has 0 spiro atoms. The summed E-state index contributed by atoms with van der Waals surface area (Å²) >= 11 is 0. The van der Waals surface area contributed by atoms with Crippen LogP contribution in [0.4, 0.5) is 0 Å². The maximum absolute atomic E-state index is 14.3. The van der Waals surface area contributed by atoms with E-state index in [9.17, 15) is 95.2 Å². The van der Waals surface area contributed by atoms with Crippen LogP contribution in [-0.2, 0) is 28.5 Å². The van der Waals surface area contributed by atoms with E-state index >= 15 is 0 Å². The summed E-state index contributed by atoms with van der Waals surface area (Å²) in [5, 5.41) is 135. The van der Waals surface area contributed by atoms with Crippen molar-refractivity contribution in [2.75, 3.05) is 6.61 Å². The minimum atomic E-state index is -2.54. The van der Waals surface area contributed by atoms with E-state index in [0.29, 0.717) is 30.3 Å². The average Bonchev–Trinajstić information content (AvgIpc) is 3.58. The minimum Gasteiger partial charge on any atom is -0.504 e. The second kappa shape index (κ2) is 15.2. The standard InChI is InChI=1S/C40H28O25/c41-13-1-8(2-14(42)24(13)47)35(55)65-40-31(54)34(64-39(59)12-6-18(46)32-23(12)22-11(37(57)62-32)5-17(45)27(50)30(22)53)33-19(61-40)7-60-36(56)9-3-15(43)25(48)28(51)20(9)21-10(38(58)63-33)4-16(44)26(49)29(21)52/h1-5,12,19,31,33-34,40-45,47-54H,6-7H2. The lowest BCUT2D eigenvalue weighted by atomic mass is 9.92. The highest BCUT2D eigenvalue weighted by Gasteiger charge is 2.54. The molecule has 0 bridgehead atoms. The molecule has 2 aliphatic heterocycles. The molecule has 8 rings (SSSR count). The van der Waals surface area contributed by atoms with Crippen molar-refractivity contribution in [3.63, 3.8) is 0 Å². The van der Waals surface area contributed by atoms with Gasteiger partial charge in [-0.25, -0.2) is 19.2 Å². The first-order valence-electron chi connectivity index (χ1n) is 18.3. The van der Waals surface area contributed by atoms with Crippen LogP contribution in [0.15, 0.2) is 39.5 Å². The molecular weight excluding hydrogens is 880 g/mol. The van der Waals surface area contributed by atoms with Gasteiger partial charge in [0.2, 0.25) is 23.5 Å². The first kappa shape index (κ1) is 42.8. The minimum absolute atomic E-state index is 0.436. The summed E-state index contributed by atoms with van der Waals surface area (Å²) in [6.07, 6.45) is -12.6. The van der Waals surface area contributed by atoms with E-state index in [0.717, 1.165) is 0 Å². The van der Waals surface area contributed by atoms with Crippen LogP contribution in [0.3, 0.4) is 0 Å². The van der Waals surface area contributed by atoms with E-state index in [4.69, 9.17) is 28.1 Å². The van der Waals surface area contributed by atoms with Crippen molar-refractivity contribution in [3.05, 3.63) is 68.8 Å². The SMILES string of the molecule is O=C(OC1OC2COC(=O)c3cc(O)c(O)c(O)c3-c3c(cc(O)c(O)c3O)C(=O)OC2C(OC(=O)C2CC(=O)c3oc(=O)c4cc(O)c(O)c(O)c4c32)C1O)c1cc(O)c(O)c(O)c1. The van der Waals surface area contributed by atoms with Crippen LogP contribution in [0.1, 0.15) is 59.5 Å². The number of fused-ring (bicyclic) bond motifs is 7. The highest BCUT2D eigenvalue weighted by Crippen LogP contribution is 2.53. The van der Waals surface area contributed by atoms with E-state index in [-0.39, 0.29) is 0 Å². The van der Waals surface area contributed by atoms with Gasteiger partial charge in [0.25, 0.3) is 0 Å². The fourth-order valence-corrected chi connectivity index (χ4v) is 7.57. The van der Waals surface area contributed by atoms with Crippen LogP contribution in [0.2, 0.25) is 0 Å². The molecule has 3 heterocycles. The van der Waals surface area contributed by atoms with Gasteiger partial charge in [-0.05, 0) is 30.3 Å². The molecule has 0 amide bonds. The lowest BCUT2D eigenvalue weighted by molar-refractivity contribution is -0.287. The number of hydrogen-bond donors (Lipinski definition) is 13. The number of hydrogen-bond acceptors (Lipinski definition) is 25. The molecule has 0 radical (unpaired) electrons. The third-order valence-electron chi connectivity index (χ3n) is 10.7. The van der Waals surface area contributed by atoms with Crippen molar-refractivity contribution < 1.29 is 118 Å². The Bertz CT molecular complexity index is 3000. The largest absolute Gasteiger partial charge is 0.504 e. The number of benzene rings is 4. The van der Waals surface area contributed by atoms with Gasteiger partial charge in [0.1, 0.15) is 12.7 Å². The summed E-state index contributed by atoms with van der Waals surface area (Å²) in [4.78, 5) is 81.6. The monoisotopic (exact) mass is 908 g/mol. The van der Waals surface area contributed by atoms with Crippen molar-refractivity contribution in [1.82, 2.24) is 0 Å². The molecule has 13 N–H and O–H groups in total. The number of ketones is 1. The topological polar surface area (TPSA) is 425 Å². The number of carbonyl (C=O) groups excluding carboxylic acids is 5. The summed E-state index contributed by atoms with van der Waals surface area (Å²) in [7, 11) is 0. The van der Waals surface area contributed by atoms with E-state index in [1.54, 1.807) is 0 Å². The number of aliphatic hydroxyl groups is 1. The summed E-state index contributed by atoms with van der Waals surface area (Å²) in [6, 6.07) is 2.79. The Labute approximate surface area is 357 Å². The molecule has 3 aliphatic rings. The van der Waals surface area contributed by atoms with Crippen molar-refractivity contribution in [2.45, 2.75) is 43.0 Å². The Hall–Kier alpha value is -8.84. The lowest BCUT2D eigenvalue weighted by Crippen LogP contribution is -2.62. The van der Waals surface area contributed by atoms with Crippen LogP contribution >= 0.6 is 0 Å². The zero-order valence-electron chi connectivity index (χ0n) is 32.0. The molecule has 1 saturated heterocycles. The highest BCUT2D eigenvalue weighted by molar-refractivity contribution is 6.11. The Morgan fingerprint density at radius 1 is 0.631 bits per heavy atom. The summed E-state index contributed by atoms with van der Waals surface area (Å²) < 4.78 is 32.6. The number of esters is 4. The van der Waals surface area contributed by atoms with Gasteiger partial charge in [-0.1, -0.05) is 0 Å². The van der Waals surface area contributed by atoms with Gasteiger partial charge in [0, 0.05) is 28.5 Å². The smallest absolute Gasteiger partial charge is 0.344 e. The van der Waals surface area contributed by atoms with Crippen LogP contribution < -0.4 is 5.63 Å². The second-order valence-corrected chi connectivity index (χ2v) is 14.5. The normalized spacial score (nSPS) is 21.5. The maximum atomic E-state index is 14.3. The lowest BCUT2D eigenvalue weighted by Gasteiger charge is -2.42. The molecule has 338 valence electrons. The Kier molecular flexibility index (Phi) is 10.0. The van der Waals surface area contributed by atoms with Crippen molar-refractivity contribution in [3.8, 4) is 80.1 Å². The molecule has 6 atom stereocenters. The maximum Gasteiger partial charge on any atom is 0.344 e. The predicted molar refractivity (Wildman–Crippen MR) is 202 cm³/mol. The number of aromatic hydroxyl groups is 12. The van der Waals surface area contributed by atoms with Gasteiger partial charge in [0.05, 0.1) is 28.0 Å². The van der Waals surface area contributed by atoms with E-state index in [1.807, 2.05) is 0 Å². The number of phenolic OH excluding ortho intramolecular Hbond substituents is 12. The molecule has 65 heavy (non-hydrogen) atoms. The molecule has 6 unspecified atom stereocenters. The molecule has 25 nitrogen and oxygen atoms in total. The van der Waals surface area contributed by atoms with Gasteiger partial charge in [-0.3, -0.25) is 9.59 Å². The van der Waals surface area contributed by atoms with Gasteiger partial charge >= 0.3 is 29.5 Å². The number of Topliss-reactive ketones (excluding diaryl/α,β-unsaturated/α-hetero) is 1. The number of phenols is 12. The fraction of sp³-hybridized carbons (Fsp3) is 0.200. The summed E-state index contributed by atoms with van der Waals surface area (Å²) in [5.74, 6) is -24.6. The molecule has 5 aromatic rings. The first-order valence-corrected chi connectivity index (χ1v) is 18.3. The molecule has 25 heteroatoms. The van der Waals surface area contributed by atoms with Crippen molar-refractivity contribution in [1.29, 1.82) is 0 Å². The van der Waals surface area contributed by atoms with Gasteiger partial charge in [0.15, 0.2) is 81.6 Å². The quantitative estimate of drug-likeness (QED) is 0.0675. The molecule has 1 aliphatic carbocycles. The first-order chi connectivity index (χ1) is 30.6. The molecule has 1 fully saturated rings. The number of ether oxygens (including phenoxy) is 5. The number of rotatable bonds is 4. The molecule has 4 aromatic carbocycles. The van der Waals surface area contributed by atoms with Crippen LogP contribution in [0.5, 0.6) is 69.0 Å². The Morgan fingerprint density at radius 3 is 1.77 bits per heavy atom. The van der Waals surface area contributed by atoms with E-state index in [1.165, 1.54) is 0 Å². The third kappa shape index (κ3) is 6.73. The van der Waals surface area contributed by atoms with Crippen molar-refractivity contribution >= 4 is 40.4 Å². The van der Waals surface area contributed by atoms with Crippen molar-refractivity contribution in [2.24, 2.45) is 0 Å². The number of carbonyl (C=O) groups is 5. The van der Waals surface area contributed by atoms with E-state index < -0.39 is 204 Å². The Morgan fingerprint density at radius 2 is 1.17 bits per heavy atom. The van der Waals surface area contributed by atoms with Crippen LogP contribution in [0.25, 0.3) is 21.9 Å². The zero-order chi connectivity index (χ0) is 47.2. The summed E-state index contributed by atoms with van der Waals surface area (Å²) in [6.45, 7) is -1.19. The molecule has 1 aromatic heterocycles. The van der Waals surface area contributed by atoms with Gasteiger partial charge in [-0.15, -0.1) is 0 Å². The fourth-order valence-electron chi connectivity index (χ4n) is 7.57. The molecular formula is C40H28O25. The average molecular weight is 909 g/mol. The van der Waals surface area contributed by atoms with E-state index in [2.05, 4.69) is 0 Å². The van der Waals surface area contributed by atoms with Crippen LogP contribution in [-0.4, -0.2) is 133 Å². The number of aliphatic hydroxyl groups excluding tert-OH is 1. The predicted octanol–water partition coefficient (Wildman–Crippen LogP) is 0.848. The highest BCUT2D eigenvalue weighted by atomic mass is 16.7. The molecule has 0 saturated carbocycles. The number of cyclic esters (lactones) is 1. The Balaban J connectivity index is 1.26. The third-order valence-corrected chi connectivity index (χ3v) is 10.7. The van der Waals surface area contributed by atoms with Gasteiger partial charge < -0.3 is 94.5 Å². The van der Waals surface area contributed by atoms with Gasteiger partial charge in [-0.2, -0.15) is 0 Å². The second-order valence-electron chi connectivity index (χ2n) is 14.5.